The molecule has 0 fully saturated rings. The zero-order valence-corrected chi connectivity index (χ0v) is 16.6. The standard InChI is InChI=1S/C18H27N2O6P/c1-5-11-26-27(23,24)17(13(2)3)20-16(21)14(4)19-18(22)25-12-15-9-7-6-8-10-15/h5-10,13-14,17H,1,11-12H2,2-4H3,(H,19,22)(H,20,21)(H,23,24)/t14-,17?/m0/s1. The molecule has 2 unspecified atom stereocenters. The highest BCUT2D eigenvalue weighted by Gasteiger charge is 2.37. The summed E-state index contributed by atoms with van der Waals surface area (Å²) in [5.41, 5.74) is 0.810. The molecule has 1 aromatic rings. The van der Waals surface area contributed by atoms with Crippen LogP contribution in [-0.2, 0) is 25.2 Å². The third-order valence-corrected chi connectivity index (χ3v) is 5.54. The van der Waals surface area contributed by atoms with E-state index in [0.717, 1.165) is 5.56 Å². The molecule has 0 aliphatic rings. The van der Waals surface area contributed by atoms with E-state index in [-0.39, 0.29) is 19.1 Å². The van der Waals surface area contributed by atoms with Crippen LogP contribution in [0.5, 0.6) is 0 Å². The summed E-state index contributed by atoms with van der Waals surface area (Å²) in [6, 6.07) is 8.13. The number of nitrogens with one attached hydrogen (secondary N) is 2. The fraction of sp³-hybridized carbons (Fsp3) is 0.444. The molecule has 3 N–H and O–H groups in total. The van der Waals surface area contributed by atoms with Crippen molar-refractivity contribution in [1.29, 1.82) is 0 Å². The molecule has 0 saturated heterocycles. The Morgan fingerprint density at radius 1 is 1.22 bits per heavy atom. The van der Waals surface area contributed by atoms with Crippen molar-refractivity contribution in [1.82, 2.24) is 10.6 Å². The average Bonchev–Trinajstić information content (AvgIpc) is 2.62. The van der Waals surface area contributed by atoms with Gasteiger partial charge < -0.3 is 24.8 Å². The van der Waals surface area contributed by atoms with E-state index in [9.17, 15) is 19.0 Å². The van der Waals surface area contributed by atoms with E-state index in [1.807, 2.05) is 18.2 Å². The van der Waals surface area contributed by atoms with Gasteiger partial charge in [0.05, 0.1) is 6.61 Å². The van der Waals surface area contributed by atoms with Gasteiger partial charge in [0.1, 0.15) is 18.4 Å². The van der Waals surface area contributed by atoms with E-state index < -0.39 is 31.4 Å². The lowest BCUT2D eigenvalue weighted by molar-refractivity contribution is -0.123. The van der Waals surface area contributed by atoms with Crippen molar-refractivity contribution < 1.29 is 28.3 Å². The Morgan fingerprint density at radius 3 is 2.41 bits per heavy atom. The van der Waals surface area contributed by atoms with E-state index in [1.54, 1.807) is 26.0 Å². The molecule has 8 nitrogen and oxygen atoms in total. The minimum absolute atomic E-state index is 0.0663. The summed E-state index contributed by atoms with van der Waals surface area (Å²) in [5, 5.41) is 4.85. The Hall–Kier alpha value is -2.15. The summed E-state index contributed by atoms with van der Waals surface area (Å²) >= 11 is 0. The van der Waals surface area contributed by atoms with Crippen molar-refractivity contribution in [2.24, 2.45) is 5.92 Å². The van der Waals surface area contributed by atoms with Crippen molar-refractivity contribution in [3.63, 3.8) is 0 Å². The SMILES string of the molecule is C=CCOP(=O)(O)C(NC(=O)[C@H](C)NC(=O)OCc1ccccc1)C(C)C. The highest BCUT2D eigenvalue weighted by Crippen LogP contribution is 2.49. The maximum absolute atomic E-state index is 12.3. The van der Waals surface area contributed by atoms with Crippen LogP contribution in [0.15, 0.2) is 43.0 Å². The van der Waals surface area contributed by atoms with E-state index in [4.69, 9.17) is 9.26 Å². The van der Waals surface area contributed by atoms with E-state index in [1.165, 1.54) is 13.0 Å². The summed E-state index contributed by atoms with van der Waals surface area (Å²) in [7, 11) is -4.10. The topological polar surface area (TPSA) is 114 Å². The van der Waals surface area contributed by atoms with Gasteiger partial charge in [-0.15, -0.1) is 6.58 Å². The van der Waals surface area contributed by atoms with Crippen LogP contribution in [0, 0.1) is 5.92 Å². The summed E-state index contributed by atoms with van der Waals surface area (Å²) in [6.45, 7) is 8.17. The van der Waals surface area contributed by atoms with Crippen LogP contribution in [0.3, 0.4) is 0 Å². The lowest BCUT2D eigenvalue weighted by atomic mass is 10.2. The first-order valence-corrected chi connectivity index (χ1v) is 10.2. The number of alkyl carbamates (subject to hydrolysis) is 1. The van der Waals surface area contributed by atoms with E-state index in [0.29, 0.717) is 0 Å². The van der Waals surface area contributed by atoms with E-state index >= 15 is 0 Å². The van der Waals surface area contributed by atoms with Crippen molar-refractivity contribution in [3.05, 3.63) is 48.6 Å². The molecule has 27 heavy (non-hydrogen) atoms. The number of ether oxygens (including phenoxy) is 1. The van der Waals surface area contributed by atoms with Crippen molar-refractivity contribution in [2.45, 2.75) is 39.2 Å². The van der Waals surface area contributed by atoms with Gasteiger partial charge >= 0.3 is 13.7 Å². The molecule has 0 radical (unpaired) electrons. The van der Waals surface area contributed by atoms with Crippen LogP contribution in [0.2, 0.25) is 0 Å². The third kappa shape index (κ3) is 7.95. The summed E-state index contributed by atoms with van der Waals surface area (Å²) in [6.07, 6.45) is 0.576. The molecule has 150 valence electrons. The number of hydrogen-bond donors (Lipinski definition) is 3. The second kappa shape index (κ2) is 10.9. The molecule has 0 spiro atoms. The van der Waals surface area contributed by atoms with Crippen LogP contribution in [0.1, 0.15) is 26.3 Å². The van der Waals surface area contributed by atoms with Gasteiger partial charge in [-0.2, -0.15) is 0 Å². The largest absolute Gasteiger partial charge is 0.445 e. The molecule has 3 atom stereocenters. The Labute approximate surface area is 159 Å². The highest BCUT2D eigenvalue weighted by molar-refractivity contribution is 7.53. The van der Waals surface area contributed by atoms with Crippen LogP contribution < -0.4 is 10.6 Å². The second-order valence-corrected chi connectivity index (χ2v) is 8.22. The quantitative estimate of drug-likeness (QED) is 0.413. The highest BCUT2D eigenvalue weighted by atomic mass is 31.2. The van der Waals surface area contributed by atoms with Gasteiger partial charge in [-0.1, -0.05) is 50.3 Å². The molecule has 9 heteroatoms. The first kappa shape index (κ1) is 22.9. The minimum atomic E-state index is -4.10. The molecule has 2 amide bonds. The smallest absolute Gasteiger partial charge is 0.408 e. The average molecular weight is 398 g/mol. The Balaban J connectivity index is 2.58. The Morgan fingerprint density at radius 2 is 1.85 bits per heavy atom. The number of carbonyl (C=O) groups excluding carboxylic acids is 2. The van der Waals surface area contributed by atoms with Crippen molar-refractivity contribution in [2.75, 3.05) is 6.61 Å². The van der Waals surface area contributed by atoms with Crippen molar-refractivity contribution in [3.8, 4) is 0 Å². The van der Waals surface area contributed by atoms with Gasteiger partial charge in [0.15, 0.2) is 0 Å². The fourth-order valence-electron chi connectivity index (χ4n) is 2.14. The second-order valence-electron chi connectivity index (χ2n) is 6.27. The summed E-state index contributed by atoms with van der Waals surface area (Å²) in [5.74, 6) is -2.11. The van der Waals surface area contributed by atoms with E-state index in [2.05, 4.69) is 17.2 Å². The first-order valence-electron chi connectivity index (χ1n) is 8.53. The number of carbonyl (C=O) groups is 2. The summed E-state index contributed by atoms with van der Waals surface area (Å²) in [4.78, 5) is 34.2. The molecule has 1 rings (SSSR count). The predicted molar refractivity (Wildman–Crippen MR) is 102 cm³/mol. The van der Waals surface area contributed by atoms with Gasteiger partial charge in [-0.05, 0) is 18.4 Å². The fourth-order valence-corrected chi connectivity index (χ4v) is 3.67. The Bertz CT molecular complexity index is 680. The van der Waals surface area contributed by atoms with Crippen LogP contribution in [0.4, 0.5) is 4.79 Å². The van der Waals surface area contributed by atoms with Gasteiger partial charge in [0.2, 0.25) is 5.91 Å². The lowest BCUT2D eigenvalue weighted by Crippen LogP contribution is -2.49. The zero-order valence-electron chi connectivity index (χ0n) is 15.8. The molecular weight excluding hydrogens is 371 g/mol. The van der Waals surface area contributed by atoms with Gasteiger partial charge in [-0.3, -0.25) is 9.36 Å². The maximum atomic E-state index is 12.3. The first-order chi connectivity index (χ1) is 12.7. The zero-order chi connectivity index (χ0) is 20.4. The number of rotatable bonds is 10. The van der Waals surface area contributed by atoms with Gasteiger partial charge in [0.25, 0.3) is 0 Å². The number of benzene rings is 1. The van der Waals surface area contributed by atoms with Crippen LogP contribution >= 0.6 is 7.60 Å². The normalized spacial score (nSPS) is 15.3. The maximum Gasteiger partial charge on any atom is 0.408 e. The minimum Gasteiger partial charge on any atom is -0.445 e. The molecule has 1 aromatic carbocycles. The third-order valence-electron chi connectivity index (χ3n) is 3.59. The monoisotopic (exact) mass is 398 g/mol. The molecule has 0 aliphatic carbocycles. The van der Waals surface area contributed by atoms with Crippen LogP contribution in [-0.4, -0.2) is 35.3 Å². The summed E-state index contributed by atoms with van der Waals surface area (Å²) < 4.78 is 22.3. The molecule has 0 aromatic heterocycles. The predicted octanol–water partition coefficient (Wildman–Crippen LogP) is 2.79. The molecule has 0 heterocycles. The van der Waals surface area contributed by atoms with Gasteiger partial charge in [0, 0.05) is 0 Å². The molecule has 0 saturated carbocycles. The van der Waals surface area contributed by atoms with Crippen LogP contribution in [0.25, 0.3) is 0 Å². The number of hydrogen-bond acceptors (Lipinski definition) is 5. The van der Waals surface area contributed by atoms with Crippen molar-refractivity contribution >= 4 is 19.6 Å². The molecule has 0 bridgehead atoms. The number of amides is 2. The lowest BCUT2D eigenvalue weighted by Gasteiger charge is -2.27. The Kier molecular flexibility index (Phi) is 9.21. The molecule has 0 aliphatic heterocycles. The molecular formula is C18H27N2O6P. The van der Waals surface area contributed by atoms with Gasteiger partial charge in [-0.25, -0.2) is 4.79 Å².